The van der Waals surface area contributed by atoms with E-state index in [0.29, 0.717) is 35.0 Å². The zero-order valence-corrected chi connectivity index (χ0v) is 20.7. The van der Waals surface area contributed by atoms with E-state index in [2.05, 4.69) is 50.1 Å². The van der Waals surface area contributed by atoms with E-state index >= 15 is 0 Å². The van der Waals surface area contributed by atoms with Gasteiger partial charge in [-0.1, -0.05) is 31.2 Å². The number of benzene rings is 2. The molecule has 4 aromatic rings. The van der Waals surface area contributed by atoms with Gasteiger partial charge < -0.3 is 15.4 Å². The van der Waals surface area contributed by atoms with Crippen molar-refractivity contribution in [3.63, 3.8) is 0 Å². The Hall–Kier alpha value is -4.48. The fraction of sp³-hybridized carbons (Fsp3) is 0.269. The molecule has 0 saturated heterocycles. The van der Waals surface area contributed by atoms with Gasteiger partial charge in [0.05, 0.1) is 18.2 Å². The number of carbonyl (C=O) groups is 1. The Labute approximate surface area is 216 Å². The van der Waals surface area contributed by atoms with E-state index in [1.54, 1.807) is 30.5 Å². The molecule has 1 unspecified atom stereocenters. The molecule has 38 heavy (non-hydrogen) atoms. The minimum Gasteiger partial charge on any atom is -0.475 e. The van der Waals surface area contributed by atoms with Crippen molar-refractivity contribution in [3.8, 4) is 17.0 Å². The van der Waals surface area contributed by atoms with Gasteiger partial charge in [0.15, 0.2) is 5.82 Å². The standard InChI is InChI=1S/C26H26F3N7O2/c1-16(2)22(32-21-10-5-18(6-11-21)25(37)31-14-23-33-35-36-34-23)15-38-24-12-7-19(13-30-24)17-3-8-20(9-4-17)26(27,28)29/h3-13,16,22,32H,14-15H2,1-2H3,(H,31,37)(H,33,34,35,36). The van der Waals surface area contributed by atoms with Crippen molar-refractivity contribution in [2.24, 2.45) is 5.92 Å². The van der Waals surface area contributed by atoms with Crippen LogP contribution >= 0.6 is 0 Å². The molecule has 198 valence electrons. The molecule has 3 N–H and O–H groups in total. The molecule has 9 nitrogen and oxygen atoms in total. The first kappa shape index (κ1) is 26.6. The summed E-state index contributed by atoms with van der Waals surface area (Å²) in [5, 5.41) is 19.5. The maximum atomic E-state index is 12.8. The topological polar surface area (TPSA) is 118 Å². The van der Waals surface area contributed by atoms with E-state index in [-0.39, 0.29) is 24.4 Å². The SMILES string of the molecule is CC(C)C(COc1ccc(-c2ccc(C(F)(F)F)cc2)cn1)Nc1ccc(C(=O)NCc2nn[nH]n2)cc1. The van der Waals surface area contributed by atoms with E-state index in [1.807, 2.05) is 12.1 Å². The Morgan fingerprint density at radius 2 is 1.71 bits per heavy atom. The number of aromatic amines is 1. The first-order valence-electron chi connectivity index (χ1n) is 11.8. The fourth-order valence-electron chi connectivity index (χ4n) is 3.51. The number of hydrogen-bond donors (Lipinski definition) is 3. The van der Waals surface area contributed by atoms with Crippen LogP contribution in [0.15, 0.2) is 66.9 Å². The monoisotopic (exact) mass is 525 g/mol. The molecule has 0 aliphatic carbocycles. The van der Waals surface area contributed by atoms with Crippen molar-refractivity contribution < 1.29 is 22.7 Å². The molecule has 12 heteroatoms. The van der Waals surface area contributed by atoms with E-state index < -0.39 is 11.7 Å². The van der Waals surface area contributed by atoms with Gasteiger partial charge in [-0.2, -0.15) is 18.4 Å². The lowest BCUT2D eigenvalue weighted by Crippen LogP contribution is -2.32. The highest BCUT2D eigenvalue weighted by Gasteiger charge is 2.30. The maximum Gasteiger partial charge on any atom is 0.416 e. The highest BCUT2D eigenvalue weighted by Crippen LogP contribution is 2.31. The van der Waals surface area contributed by atoms with E-state index in [9.17, 15) is 18.0 Å². The van der Waals surface area contributed by atoms with Gasteiger partial charge in [0, 0.05) is 29.1 Å². The highest BCUT2D eigenvalue weighted by molar-refractivity contribution is 5.94. The first-order valence-corrected chi connectivity index (χ1v) is 11.8. The summed E-state index contributed by atoms with van der Waals surface area (Å²) in [6.45, 7) is 4.61. The van der Waals surface area contributed by atoms with Gasteiger partial charge in [-0.15, -0.1) is 10.2 Å². The normalized spacial score (nSPS) is 12.3. The van der Waals surface area contributed by atoms with Crippen LogP contribution in [0.3, 0.4) is 0 Å². The van der Waals surface area contributed by atoms with Crippen LogP contribution in [0.2, 0.25) is 0 Å². The molecule has 0 fully saturated rings. The summed E-state index contributed by atoms with van der Waals surface area (Å²) < 4.78 is 44.2. The molecule has 0 aliphatic heterocycles. The number of amides is 1. The van der Waals surface area contributed by atoms with Gasteiger partial charge >= 0.3 is 6.18 Å². The number of carbonyl (C=O) groups excluding carboxylic acids is 1. The fourth-order valence-corrected chi connectivity index (χ4v) is 3.51. The van der Waals surface area contributed by atoms with Gasteiger partial charge in [-0.25, -0.2) is 4.98 Å². The second kappa shape index (κ2) is 11.7. The van der Waals surface area contributed by atoms with Crippen molar-refractivity contribution in [2.75, 3.05) is 11.9 Å². The Bertz CT molecular complexity index is 1310. The molecule has 2 aromatic heterocycles. The smallest absolute Gasteiger partial charge is 0.416 e. The zero-order valence-electron chi connectivity index (χ0n) is 20.7. The third-order valence-corrected chi connectivity index (χ3v) is 5.79. The molecule has 2 aromatic carbocycles. The van der Waals surface area contributed by atoms with Crippen molar-refractivity contribution in [1.82, 2.24) is 30.9 Å². The third kappa shape index (κ3) is 7.05. The number of alkyl halides is 3. The molecule has 1 atom stereocenters. The van der Waals surface area contributed by atoms with Crippen LogP contribution in [-0.4, -0.2) is 44.2 Å². The molecule has 0 bridgehead atoms. The molecule has 0 aliphatic rings. The number of ether oxygens (including phenoxy) is 1. The summed E-state index contributed by atoms with van der Waals surface area (Å²) in [7, 11) is 0. The third-order valence-electron chi connectivity index (χ3n) is 5.79. The summed E-state index contributed by atoms with van der Waals surface area (Å²) >= 11 is 0. The summed E-state index contributed by atoms with van der Waals surface area (Å²) in [5.41, 5.74) is 1.94. The van der Waals surface area contributed by atoms with Gasteiger partial charge in [-0.3, -0.25) is 4.79 Å². The van der Waals surface area contributed by atoms with E-state index in [0.717, 1.165) is 17.8 Å². The van der Waals surface area contributed by atoms with Crippen LogP contribution in [0.5, 0.6) is 5.88 Å². The van der Waals surface area contributed by atoms with Crippen LogP contribution in [0, 0.1) is 5.92 Å². The van der Waals surface area contributed by atoms with Gasteiger partial charge in [0.25, 0.3) is 5.91 Å². The molecular weight excluding hydrogens is 499 g/mol. The van der Waals surface area contributed by atoms with Crippen molar-refractivity contribution in [2.45, 2.75) is 32.6 Å². The van der Waals surface area contributed by atoms with Gasteiger partial charge in [0.1, 0.15) is 6.61 Å². The highest BCUT2D eigenvalue weighted by atomic mass is 19.4. The summed E-state index contributed by atoms with van der Waals surface area (Å²) in [4.78, 5) is 16.6. The van der Waals surface area contributed by atoms with Crippen LogP contribution in [0.4, 0.5) is 18.9 Å². The predicted octanol–water partition coefficient (Wildman–Crippen LogP) is 4.73. The molecule has 2 heterocycles. The van der Waals surface area contributed by atoms with Gasteiger partial charge in [0.2, 0.25) is 5.88 Å². The molecule has 0 radical (unpaired) electrons. The second-order valence-corrected chi connectivity index (χ2v) is 8.85. The number of rotatable bonds is 10. The average molecular weight is 526 g/mol. The number of halogens is 3. The maximum absolute atomic E-state index is 12.8. The lowest BCUT2D eigenvalue weighted by Gasteiger charge is -2.23. The predicted molar refractivity (Wildman–Crippen MR) is 134 cm³/mol. The lowest BCUT2D eigenvalue weighted by atomic mass is 10.0. The summed E-state index contributed by atoms with van der Waals surface area (Å²) in [5.74, 6) is 0.761. The zero-order chi connectivity index (χ0) is 27.1. The molecule has 0 spiro atoms. The number of pyridine rings is 1. The summed E-state index contributed by atoms with van der Waals surface area (Å²) in [6.07, 6.45) is -2.80. The number of nitrogens with zero attached hydrogens (tertiary/aromatic N) is 4. The minimum absolute atomic E-state index is 0.0516. The Morgan fingerprint density at radius 3 is 2.29 bits per heavy atom. The molecule has 4 rings (SSSR count). The Balaban J connectivity index is 1.31. The molecule has 0 saturated carbocycles. The van der Waals surface area contributed by atoms with Crippen LogP contribution < -0.4 is 15.4 Å². The second-order valence-electron chi connectivity index (χ2n) is 8.85. The lowest BCUT2D eigenvalue weighted by molar-refractivity contribution is -0.137. The number of H-pyrrole nitrogens is 1. The van der Waals surface area contributed by atoms with Crippen LogP contribution in [0.25, 0.3) is 11.1 Å². The van der Waals surface area contributed by atoms with Crippen LogP contribution in [-0.2, 0) is 12.7 Å². The van der Waals surface area contributed by atoms with Crippen molar-refractivity contribution in [3.05, 3.63) is 83.8 Å². The number of nitrogens with one attached hydrogen (secondary N) is 3. The minimum atomic E-state index is -4.37. The Kier molecular flexibility index (Phi) is 8.19. The number of anilines is 1. The van der Waals surface area contributed by atoms with Crippen molar-refractivity contribution >= 4 is 11.6 Å². The molecule has 1 amide bonds. The van der Waals surface area contributed by atoms with Gasteiger partial charge in [-0.05, 0) is 53.9 Å². The largest absolute Gasteiger partial charge is 0.475 e. The molecular formula is C26H26F3N7O2. The number of aromatic nitrogens is 5. The number of tetrazole rings is 1. The Morgan fingerprint density at radius 1 is 1.00 bits per heavy atom. The van der Waals surface area contributed by atoms with E-state index in [4.69, 9.17) is 4.74 Å². The van der Waals surface area contributed by atoms with Crippen LogP contribution in [0.1, 0.15) is 35.6 Å². The van der Waals surface area contributed by atoms with E-state index in [1.165, 1.54) is 12.1 Å². The average Bonchev–Trinajstić information content (AvgIpc) is 3.43. The van der Waals surface area contributed by atoms with Crippen molar-refractivity contribution in [1.29, 1.82) is 0 Å². The first-order chi connectivity index (χ1) is 18.2. The number of hydrogen-bond acceptors (Lipinski definition) is 7. The quantitative estimate of drug-likeness (QED) is 0.274. The summed E-state index contributed by atoms with van der Waals surface area (Å²) in [6, 6.07) is 15.4.